The molecule has 0 aromatic heterocycles. The van der Waals surface area contributed by atoms with E-state index < -0.39 is 0 Å². The molecular weight excluding hydrogens is 265 g/mol. The van der Waals surface area contributed by atoms with E-state index in [9.17, 15) is 9.59 Å². The molecule has 1 heterocycles. The fraction of sp³-hybridized carbons (Fsp3) is 0.273. The van der Waals surface area contributed by atoms with E-state index in [1.807, 2.05) is 0 Å². The first-order chi connectivity index (χ1) is 8.02. The number of ketones is 1. The summed E-state index contributed by atoms with van der Waals surface area (Å²) < 4.78 is 5.05. The average molecular weight is 274 g/mol. The summed E-state index contributed by atoms with van der Waals surface area (Å²) in [5.41, 5.74) is 0.448. The van der Waals surface area contributed by atoms with Gasteiger partial charge in [-0.15, -0.1) is 0 Å². The highest BCUT2D eigenvalue weighted by atomic mass is 35.5. The Morgan fingerprint density at radius 1 is 1.24 bits per heavy atom. The van der Waals surface area contributed by atoms with E-state index in [2.05, 4.69) is 0 Å². The predicted octanol–water partition coefficient (Wildman–Crippen LogP) is 2.31. The zero-order valence-electron chi connectivity index (χ0n) is 9.00. The number of hydrogen-bond donors (Lipinski definition) is 0. The first kappa shape index (κ1) is 12.2. The molecule has 0 aliphatic carbocycles. The van der Waals surface area contributed by atoms with Crippen LogP contribution in [0.5, 0.6) is 5.75 Å². The maximum Gasteiger partial charge on any atom is 0.234 e. The summed E-state index contributed by atoms with van der Waals surface area (Å²) in [6.07, 6.45) is -0.0821. The first-order valence-corrected chi connectivity index (χ1v) is 5.63. The van der Waals surface area contributed by atoms with Gasteiger partial charge in [0, 0.05) is 6.07 Å². The Balaban J connectivity index is 2.45. The topological polar surface area (TPSA) is 46.6 Å². The molecule has 0 N–H and O–H groups in total. The largest absolute Gasteiger partial charge is 0.495 e. The number of rotatable bonds is 2. The smallest absolute Gasteiger partial charge is 0.234 e. The van der Waals surface area contributed by atoms with Crippen LogP contribution < -0.4 is 9.64 Å². The van der Waals surface area contributed by atoms with Crippen LogP contribution in [0.1, 0.15) is 6.42 Å². The van der Waals surface area contributed by atoms with E-state index >= 15 is 0 Å². The molecule has 0 unspecified atom stereocenters. The second-order valence-corrected chi connectivity index (χ2v) is 4.45. The maximum absolute atomic E-state index is 11.6. The summed E-state index contributed by atoms with van der Waals surface area (Å²) in [7, 11) is 1.47. The van der Waals surface area contributed by atoms with Crippen molar-refractivity contribution >= 4 is 40.6 Å². The average Bonchev–Trinajstić information content (AvgIpc) is 2.58. The maximum atomic E-state index is 11.6. The Labute approximate surface area is 108 Å². The van der Waals surface area contributed by atoms with Crippen molar-refractivity contribution in [3.05, 3.63) is 22.2 Å². The highest BCUT2D eigenvalue weighted by Crippen LogP contribution is 2.37. The van der Waals surface area contributed by atoms with E-state index in [1.54, 1.807) is 6.07 Å². The third-order valence-electron chi connectivity index (χ3n) is 2.50. The van der Waals surface area contributed by atoms with Gasteiger partial charge in [0.1, 0.15) is 5.75 Å². The highest BCUT2D eigenvalue weighted by molar-refractivity contribution is 6.38. The van der Waals surface area contributed by atoms with E-state index in [0.717, 1.165) is 0 Å². The van der Waals surface area contributed by atoms with Crippen LogP contribution in [0.4, 0.5) is 5.69 Å². The van der Waals surface area contributed by atoms with Crippen LogP contribution in [0.25, 0.3) is 0 Å². The van der Waals surface area contributed by atoms with Crippen molar-refractivity contribution in [1.82, 2.24) is 0 Å². The Hall–Kier alpha value is -1.26. The Bertz CT molecular complexity index is 502. The van der Waals surface area contributed by atoms with E-state index in [1.165, 1.54) is 18.1 Å². The molecule has 2 rings (SSSR count). The zero-order chi connectivity index (χ0) is 12.6. The van der Waals surface area contributed by atoms with Gasteiger partial charge in [0.25, 0.3) is 0 Å². The fourth-order valence-electron chi connectivity index (χ4n) is 1.69. The van der Waals surface area contributed by atoms with Gasteiger partial charge < -0.3 is 9.64 Å². The van der Waals surface area contributed by atoms with Gasteiger partial charge in [0.05, 0.1) is 35.8 Å². The molecule has 1 aliphatic heterocycles. The molecule has 1 amide bonds. The van der Waals surface area contributed by atoms with Crippen molar-refractivity contribution in [2.75, 3.05) is 18.6 Å². The normalized spacial score (nSPS) is 15.6. The van der Waals surface area contributed by atoms with Gasteiger partial charge in [-0.05, 0) is 6.07 Å². The molecular formula is C11H9Cl2NO3. The molecule has 1 fully saturated rings. The summed E-state index contributed by atoms with van der Waals surface area (Å²) in [5, 5.41) is 0.679. The molecule has 0 bridgehead atoms. The van der Waals surface area contributed by atoms with E-state index in [0.29, 0.717) is 21.5 Å². The predicted molar refractivity (Wildman–Crippen MR) is 65.0 cm³/mol. The molecule has 6 heteroatoms. The van der Waals surface area contributed by atoms with Gasteiger partial charge in [0.2, 0.25) is 5.91 Å². The monoisotopic (exact) mass is 273 g/mol. The van der Waals surface area contributed by atoms with Crippen LogP contribution in [0, 0.1) is 0 Å². The molecule has 0 atom stereocenters. The minimum atomic E-state index is -0.263. The lowest BCUT2D eigenvalue weighted by molar-refractivity contribution is -0.121. The molecule has 0 radical (unpaired) electrons. The summed E-state index contributed by atoms with van der Waals surface area (Å²) in [6.45, 7) is 0.0450. The molecule has 0 spiro atoms. The summed E-state index contributed by atoms with van der Waals surface area (Å²) in [5.74, 6) is 0.0273. The number of ether oxygens (including phenoxy) is 1. The SMILES string of the molecule is COc1cc(N2CC(=O)CC2=O)c(Cl)cc1Cl. The molecule has 1 aliphatic rings. The van der Waals surface area contributed by atoms with Crippen LogP contribution in [0.3, 0.4) is 0 Å². The number of benzene rings is 1. The van der Waals surface area contributed by atoms with Gasteiger partial charge >= 0.3 is 0 Å². The standard InChI is InChI=1S/C11H9Cl2NO3/c1-17-10-4-9(7(12)3-8(10)13)14-5-6(15)2-11(14)16/h3-4H,2,5H2,1H3. The van der Waals surface area contributed by atoms with Crippen molar-refractivity contribution < 1.29 is 14.3 Å². The van der Waals surface area contributed by atoms with Crippen LogP contribution in [0.2, 0.25) is 10.0 Å². The zero-order valence-corrected chi connectivity index (χ0v) is 10.5. The number of methoxy groups -OCH3 is 1. The number of anilines is 1. The van der Waals surface area contributed by atoms with E-state index in [-0.39, 0.29) is 24.7 Å². The molecule has 1 aromatic carbocycles. The number of hydrogen-bond acceptors (Lipinski definition) is 3. The lowest BCUT2D eigenvalue weighted by Crippen LogP contribution is -2.24. The summed E-state index contributed by atoms with van der Waals surface area (Å²) >= 11 is 11.9. The van der Waals surface area contributed by atoms with E-state index in [4.69, 9.17) is 27.9 Å². The van der Waals surface area contributed by atoms with Crippen LogP contribution >= 0.6 is 23.2 Å². The van der Waals surface area contributed by atoms with Crippen molar-refractivity contribution in [3.8, 4) is 5.75 Å². The van der Waals surface area contributed by atoms with Gasteiger partial charge in [0.15, 0.2) is 5.78 Å². The Morgan fingerprint density at radius 3 is 2.47 bits per heavy atom. The van der Waals surface area contributed by atoms with Crippen LogP contribution in [-0.2, 0) is 9.59 Å². The number of nitrogens with zero attached hydrogens (tertiary/aromatic N) is 1. The van der Waals surface area contributed by atoms with Gasteiger partial charge in [-0.1, -0.05) is 23.2 Å². The number of amides is 1. The third kappa shape index (κ3) is 2.23. The fourth-order valence-corrected chi connectivity index (χ4v) is 2.25. The number of halogens is 2. The highest BCUT2D eigenvalue weighted by Gasteiger charge is 2.30. The second-order valence-electron chi connectivity index (χ2n) is 3.63. The quantitative estimate of drug-likeness (QED) is 0.777. The summed E-state index contributed by atoms with van der Waals surface area (Å²) in [6, 6.07) is 3.05. The Morgan fingerprint density at radius 2 is 1.94 bits per heavy atom. The minimum Gasteiger partial charge on any atom is -0.495 e. The van der Waals surface area contributed by atoms with Crippen LogP contribution in [-0.4, -0.2) is 25.3 Å². The molecule has 17 heavy (non-hydrogen) atoms. The number of carbonyl (C=O) groups excluding carboxylic acids is 2. The lowest BCUT2D eigenvalue weighted by atomic mass is 10.2. The van der Waals surface area contributed by atoms with Crippen molar-refractivity contribution in [3.63, 3.8) is 0 Å². The Kier molecular flexibility index (Phi) is 3.26. The molecule has 4 nitrogen and oxygen atoms in total. The molecule has 1 saturated heterocycles. The number of Topliss-reactive ketones (excluding diaryl/α,β-unsaturated/α-hetero) is 1. The molecule has 1 aromatic rings. The van der Waals surface area contributed by atoms with Crippen molar-refractivity contribution in [1.29, 1.82) is 0 Å². The minimum absolute atomic E-state index is 0.0450. The lowest BCUT2D eigenvalue weighted by Gasteiger charge is -2.17. The summed E-state index contributed by atoms with van der Waals surface area (Å²) in [4.78, 5) is 24.1. The van der Waals surface area contributed by atoms with Gasteiger partial charge in [-0.3, -0.25) is 9.59 Å². The van der Waals surface area contributed by atoms with Crippen LogP contribution in [0.15, 0.2) is 12.1 Å². The van der Waals surface area contributed by atoms with Crippen molar-refractivity contribution in [2.45, 2.75) is 6.42 Å². The second kappa shape index (κ2) is 4.55. The van der Waals surface area contributed by atoms with Crippen molar-refractivity contribution in [2.24, 2.45) is 0 Å². The van der Waals surface area contributed by atoms with Gasteiger partial charge in [-0.2, -0.15) is 0 Å². The molecule has 0 saturated carbocycles. The van der Waals surface area contributed by atoms with Gasteiger partial charge in [-0.25, -0.2) is 0 Å². The first-order valence-electron chi connectivity index (χ1n) is 4.88. The molecule has 90 valence electrons. The third-order valence-corrected chi connectivity index (χ3v) is 3.09. The number of carbonyl (C=O) groups is 2.